The minimum Gasteiger partial charge on any atom is -0.507 e. The monoisotopic (exact) mass is 280 g/mol. The van der Waals surface area contributed by atoms with Crippen LogP contribution in [0.1, 0.15) is 23.1 Å². The lowest BCUT2D eigenvalue weighted by atomic mass is 10.1. The lowest BCUT2D eigenvalue weighted by molar-refractivity contribution is -0.121. The second-order valence-electron chi connectivity index (χ2n) is 4.85. The van der Waals surface area contributed by atoms with Crippen molar-refractivity contribution < 1.29 is 14.6 Å². The van der Waals surface area contributed by atoms with Crippen molar-refractivity contribution in [3.63, 3.8) is 0 Å². The van der Waals surface area contributed by atoms with Gasteiger partial charge in [-0.1, -0.05) is 12.1 Å². The Labute approximate surface area is 120 Å². The van der Waals surface area contributed by atoms with Crippen molar-refractivity contribution >= 4 is 5.91 Å². The predicted molar refractivity (Wildman–Crippen MR) is 78.8 cm³/mol. The number of aryl methyl sites for hydroxylation is 2. The molecule has 3 N–H and O–H groups in total. The first-order valence-corrected chi connectivity index (χ1v) is 6.80. The molecule has 1 rings (SSSR count). The van der Waals surface area contributed by atoms with Gasteiger partial charge in [-0.2, -0.15) is 0 Å². The summed E-state index contributed by atoms with van der Waals surface area (Å²) >= 11 is 0. The molecule has 0 fully saturated rings. The molecule has 0 spiro atoms. The average Bonchev–Trinajstić information content (AvgIpc) is 2.41. The summed E-state index contributed by atoms with van der Waals surface area (Å²) in [6.07, 6.45) is 0.444. The first kappa shape index (κ1) is 16.5. The second kappa shape index (κ2) is 8.55. The van der Waals surface area contributed by atoms with Gasteiger partial charge in [-0.25, -0.2) is 0 Å². The number of aromatic hydroxyl groups is 1. The summed E-state index contributed by atoms with van der Waals surface area (Å²) in [5, 5.41) is 15.7. The van der Waals surface area contributed by atoms with E-state index in [1.54, 1.807) is 7.11 Å². The van der Waals surface area contributed by atoms with Gasteiger partial charge in [-0.3, -0.25) is 4.79 Å². The maximum Gasteiger partial charge on any atom is 0.221 e. The molecule has 0 aliphatic heterocycles. The van der Waals surface area contributed by atoms with Crippen LogP contribution in [-0.4, -0.2) is 37.8 Å². The molecule has 0 saturated heterocycles. The molecule has 0 saturated carbocycles. The molecule has 1 aromatic rings. The summed E-state index contributed by atoms with van der Waals surface area (Å²) in [4.78, 5) is 11.4. The van der Waals surface area contributed by atoms with Gasteiger partial charge < -0.3 is 20.5 Å². The molecule has 0 aromatic heterocycles. The van der Waals surface area contributed by atoms with Crippen molar-refractivity contribution in [1.29, 1.82) is 0 Å². The average molecular weight is 280 g/mol. The van der Waals surface area contributed by atoms with E-state index in [4.69, 9.17) is 4.74 Å². The quantitative estimate of drug-likeness (QED) is 0.627. The van der Waals surface area contributed by atoms with Crippen LogP contribution in [0.15, 0.2) is 12.1 Å². The normalized spacial score (nSPS) is 10.6. The highest BCUT2D eigenvalue weighted by atomic mass is 16.5. The Morgan fingerprint density at radius 1 is 1.25 bits per heavy atom. The van der Waals surface area contributed by atoms with Crippen molar-refractivity contribution in [3.8, 4) is 5.75 Å². The van der Waals surface area contributed by atoms with Crippen molar-refractivity contribution in [2.24, 2.45) is 0 Å². The van der Waals surface area contributed by atoms with Gasteiger partial charge in [-0.05, 0) is 30.5 Å². The topological polar surface area (TPSA) is 70.6 Å². The molecule has 0 bridgehead atoms. The molecule has 0 unspecified atom stereocenters. The van der Waals surface area contributed by atoms with Gasteiger partial charge in [-0.15, -0.1) is 0 Å². The van der Waals surface area contributed by atoms with Crippen molar-refractivity contribution in [3.05, 3.63) is 28.8 Å². The van der Waals surface area contributed by atoms with E-state index in [9.17, 15) is 9.90 Å². The van der Waals surface area contributed by atoms with E-state index in [2.05, 4.69) is 10.6 Å². The standard InChI is InChI=1S/C15H24N2O3/c1-11-8-13(9-12(2)15(11)19)10-16-5-4-14(18)17-6-7-20-3/h8-9,16,19H,4-7,10H2,1-3H3,(H,17,18). The number of phenols is 1. The minimum atomic E-state index is 0.0209. The molecule has 0 aliphatic rings. The molecule has 20 heavy (non-hydrogen) atoms. The molecule has 5 heteroatoms. The second-order valence-corrected chi connectivity index (χ2v) is 4.85. The van der Waals surface area contributed by atoms with E-state index >= 15 is 0 Å². The molecular formula is C15H24N2O3. The summed E-state index contributed by atoms with van der Waals surface area (Å²) in [5.74, 6) is 0.374. The van der Waals surface area contributed by atoms with Crippen molar-refractivity contribution in [2.45, 2.75) is 26.8 Å². The van der Waals surface area contributed by atoms with Crippen LogP contribution in [0.2, 0.25) is 0 Å². The third-order valence-corrected chi connectivity index (χ3v) is 3.04. The molecule has 112 valence electrons. The summed E-state index contributed by atoms with van der Waals surface area (Å²) in [6.45, 7) is 6.16. The first-order chi connectivity index (χ1) is 9.54. The van der Waals surface area contributed by atoms with Crippen LogP contribution in [0.5, 0.6) is 5.75 Å². The number of ether oxygens (including phenoxy) is 1. The Kier molecular flexibility index (Phi) is 7.04. The van der Waals surface area contributed by atoms with Crippen LogP contribution < -0.4 is 10.6 Å². The van der Waals surface area contributed by atoms with E-state index in [1.165, 1.54) is 0 Å². The number of carbonyl (C=O) groups is 1. The Bertz CT molecular complexity index is 424. The molecule has 1 aromatic carbocycles. The number of methoxy groups -OCH3 is 1. The lowest BCUT2D eigenvalue weighted by Gasteiger charge is -2.09. The number of rotatable bonds is 8. The fourth-order valence-electron chi connectivity index (χ4n) is 1.96. The van der Waals surface area contributed by atoms with Gasteiger partial charge in [0.05, 0.1) is 6.61 Å². The van der Waals surface area contributed by atoms with E-state index in [0.29, 0.717) is 38.4 Å². The maximum atomic E-state index is 11.4. The predicted octanol–water partition coefficient (Wildman–Crippen LogP) is 1.25. The fourth-order valence-corrected chi connectivity index (χ4v) is 1.96. The Balaban J connectivity index is 2.26. The van der Waals surface area contributed by atoms with Crippen LogP contribution in [0.25, 0.3) is 0 Å². The zero-order chi connectivity index (χ0) is 15.0. The van der Waals surface area contributed by atoms with Crippen LogP contribution in [0.3, 0.4) is 0 Å². The molecule has 0 atom stereocenters. The largest absolute Gasteiger partial charge is 0.507 e. The van der Waals surface area contributed by atoms with Gasteiger partial charge in [0.25, 0.3) is 0 Å². The van der Waals surface area contributed by atoms with Crippen LogP contribution in [0.4, 0.5) is 0 Å². The highest BCUT2D eigenvalue weighted by molar-refractivity contribution is 5.76. The van der Waals surface area contributed by atoms with Crippen molar-refractivity contribution in [1.82, 2.24) is 10.6 Å². The number of hydrogen-bond donors (Lipinski definition) is 3. The Hall–Kier alpha value is -1.59. The van der Waals surface area contributed by atoms with Gasteiger partial charge in [0.2, 0.25) is 5.91 Å². The maximum absolute atomic E-state index is 11.4. The molecule has 0 aliphatic carbocycles. The summed E-state index contributed by atoms with van der Waals surface area (Å²) in [7, 11) is 1.61. The third kappa shape index (κ3) is 5.59. The van der Waals surface area contributed by atoms with Gasteiger partial charge >= 0.3 is 0 Å². The highest BCUT2D eigenvalue weighted by Crippen LogP contribution is 2.22. The van der Waals surface area contributed by atoms with Gasteiger partial charge in [0.15, 0.2) is 0 Å². The number of phenolic OH excluding ortho intramolecular Hbond substituents is 1. The van der Waals surface area contributed by atoms with Gasteiger partial charge in [0.1, 0.15) is 5.75 Å². The SMILES string of the molecule is COCCNC(=O)CCNCc1cc(C)c(O)c(C)c1. The first-order valence-electron chi connectivity index (χ1n) is 6.80. The van der Waals surface area contributed by atoms with E-state index < -0.39 is 0 Å². The van der Waals surface area contributed by atoms with E-state index in [-0.39, 0.29) is 5.91 Å². The molecular weight excluding hydrogens is 256 g/mol. The van der Waals surface area contributed by atoms with E-state index in [1.807, 2.05) is 26.0 Å². The summed E-state index contributed by atoms with van der Waals surface area (Å²) in [6, 6.07) is 3.90. The summed E-state index contributed by atoms with van der Waals surface area (Å²) in [5.41, 5.74) is 2.86. The van der Waals surface area contributed by atoms with E-state index in [0.717, 1.165) is 16.7 Å². The van der Waals surface area contributed by atoms with Crippen LogP contribution in [0, 0.1) is 13.8 Å². The zero-order valence-corrected chi connectivity index (χ0v) is 12.5. The molecule has 5 nitrogen and oxygen atoms in total. The minimum absolute atomic E-state index is 0.0209. The van der Waals surface area contributed by atoms with Crippen LogP contribution in [-0.2, 0) is 16.1 Å². The van der Waals surface area contributed by atoms with Gasteiger partial charge in [0, 0.05) is 33.2 Å². The smallest absolute Gasteiger partial charge is 0.221 e. The lowest BCUT2D eigenvalue weighted by Crippen LogP contribution is -2.29. The van der Waals surface area contributed by atoms with Crippen LogP contribution >= 0.6 is 0 Å². The van der Waals surface area contributed by atoms with Crippen molar-refractivity contribution in [2.75, 3.05) is 26.8 Å². The molecule has 0 radical (unpaired) electrons. The zero-order valence-electron chi connectivity index (χ0n) is 12.5. The number of amides is 1. The third-order valence-electron chi connectivity index (χ3n) is 3.04. The number of benzene rings is 1. The number of nitrogens with one attached hydrogen (secondary N) is 2. The Morgan fingerprint density at radius 2 is 1.90 bits per heavy atom. The molecule has 0 heterocycles. The fraction of sp³-hybridized carbons (Fsp3) is 0.533. The molecule has 1 amide bonds. The number of hydrogen-bond acceptors (Lipinski definition) is 4. The summed E-state index contributed by atoms with van der Waals surface area (Å²) < 4.78 is 4.86. The number of carbonyl (C=O) groups excluding carboxylic acids is 1. The highest BCUT2D eigenvalue weighted by Gasteiger charge is 2.04. The Morgan fingerprint density at radius 3 is 2.50 bits per heavy atom.